The van der Waals surface area contributed by atoms with Gasteiger partial charge in [-0.25, -0.2) is 18.9 Å². The second kappa shape index (κ2) is 9.55. The lowest BCUT2D eigenvalue weighted by Gasteiger charge is -2.29. The Morgan fingerprint density at radius 1 is 1.14 bits per heavy atom. The highest BCUT2D eigenvalue weighted by atomic mass is 19.4. The zero-order valence-electron chi connectivity index (χ0n) is 20.1. The topological polar surface area (TPSA) is 72.6 Å². The van der Waals surface area contributed by atoms with Crippen molar-refractivity contribution in [1.82, 2.24) is 19.6 Å². The Kier molecular flexibility index (Phi) is 6.40. The number of nitrogens with zero attached hydrogens (tertiary/aromatic N) is 5. The summed E-state index contributed by atoms with van der Waals surface area (Å²) in [5.74, 6) is -0.808. The first-order valence-corrected chi connectivity index (χ1v) is 11.7. The van der Waals surface area contributed by atoms with Crippen molar-refractivity contribution in [3.8, 4) is 11.3 Å². The van der Waals surface area contributed by atoms with Gasteiger partial charge in [0.2, 0.25) is 0 Å². The molecule has 5 rings (SSSR count). The maximum Gasteiger partial charge on any atom is 0.418 e. The number of anilines is 1. The van der Waals surface area contributed by atoms with Gasteiger partial charge in [0.1, 0.15) is 18.1 Å². The van der Waals surface area contributed by atoms with E-state index >= 15 is 0 Å². The van der Waals surface area contributed by atoms with Crippen LogP contribution in [0.5, 0.6) is 0 Å². The number of morpholine rings is 1. The maximum atomic E-state index is 14.8. The molecule has 1 aliphatic heterocycles. The molecule has 7 nitrogen and oxygen atoms in total. The third-order valence-electron chi connectivity index (χ3n) is 6.25. The number of amides is 1. The third-order valence-corrected chi connectivity index (χ3v) is 6.25. The van der Waals surface area contributed by atoms with Crippen LogP contribution in [0.2, 0.25) is 0 Å². The summed E-state index contributed by atoms with van der Waals surface area (Å²) >= 11 is 0. The van der Waals surface area contributed by atoms with Crippen LogP contribution in [0.25, 0.3) is 16.8 Å². The Balaban J connectivity index is 1.49. The molecular weight excluding hydrogens is 490 g/mol. The highest BCUT2D eigenvalue weighted by Gasteiger charge is 2.37. The van der Waals surface area contributed by atoms with Crippen LogP contribution in [0.4, 0.5) is 23.2 Å². The molecule has 1 amide bonds. The molecule has 0 radical (unpaired) electrons. The number of hydrogen-bond donors (Lipinski definition) is 0. The Bertz CT molecular complexity index is 1480. The summed E-state index contributed by atoms with van der Waals surface area (Å²) in [6.45, 7) is 3.98. The van der Waals surface area contributed by atoms with E-state index in [1.54, 1.807) is 29.0 Å². The van der Waals surface area contributed by atoms with E-state index in [9.17, 15) is 22.4 Å². The fourth-order valence-corrected chi connectivity index (χ4v) is 4.39. The summed E-state index contributed by atoms with van der Waals surface area (Å²) in [6.07, 6.45) is -0.253. The van der Waals surface area contributed by atoms with Crippen molar-refractivity contribution in [3.05, 3.63) is 77.3 Å². The summed E-state index contributed by atoms with van der Waals surface area (Å²) < 4.78 is 63.2. The SMILES string of the molecule is CC(C)c1cnn2ccc(-c3nc(Cc4ccc(N5CCOCC5=O)c(C(F)(F)F)c4)ncc3F)cc12. The quantitative estimate of drug-likeness (QED) is 0.350. The molecular formula is C26H23F4N5O2. The number of alkyl halides is 3. The Labute approximate surface area is 209 Å². The largest absolute Gasteiger partial charge is 0.418 e. The van der Waals surface area contributed by atoms with Crippen LogP contribution < -0.4 is 4.90 Å². The average molecular weight is 513 g/mol. The summed E-state index contributed by atoms with van der Waals surface area (Å²) in [6, 6.07) is 7.21. The molecule has 4 heterocycles. The van der Waals surface area contributed by atoms with Gasteiger partial charge in [-0.2, -0.15) is 18.3 Å². The first kappa shape index (κ1) is 24.8. The normalized spacial score (nSPS) is 14.7. The third kappa shape index (κ3) is 4.91. The van der Waals surface area contributed by atoms with Gasteiger partial charge in [0.25, 0.3) is 5.91 Å². The molecule has 3 aromatic heterocycles. The van der Waals surface area contributed by atoms with Gasteiger partial charge in [0, 0.05) is 30.3 Å². The van der Waals surface area contributed by atoms with Crippen molar-refractivity contribution >= 4 is 17.1 Å². The van der Waals surface area contributed by atoms with E-state index in [-0.39, 0.29) is 54.9 Å². The molecule has 0 unspecified atom stereocenters. The van der Waals surface area contributed by atoms with Gasteiger partial charge in [0.05, 0.1) is 35.8 Å². The van der Waals surface area contributed by atoms with Crippen molar-refractivity contribution < 1.29 is 27.1 Å². The van der Waals surface area contributed by atoms with Crippen molar-refractivity contribution in [2.24, 2.45) is 0 Å². The van der Waals surface area contributed by atoms with E-state index in [2.05, 4.69) is 15.1 Å². The van der Waals surface area contributed by atoms with Crippen molar-refractivity contribution in [2.75, 3.05) is 24.7 Å². The molecule has 1 fully saturated rings. The lowest BCUT2D eigenvalue weighted by Crippen LogP contribution is -2.42. The summed E-state index contributed by atoms with van der Waals surface area (Å²) in [7, 11) is 0. The average Bonchev–Trinajstić information content (AvgIpc) is 3.29. The minimum absolute atomic E-state index is 0.0335. The van der Waals surface area contributed by atoms with E-state index in [0.29, 0.717) is 5.56 Å². The number of hydrogen-bond acceptors (Lipinski definition) is 5. The van der Waals surface area contributed by atoms with E-state index in [1.165, 1.54) is 12.1 Å². The smallest absolute Gasteiger partial charge is 0.370 e. The fraction of sp³-hybridized carbons (Fsp3) is 0.308. The Hall–Kier alpha value is -3.86. The van der Waals surface area contributed by atoms with Gasteiger partial charge < -0.3 is 9.64 Å². The molecule has 37 heavy (non-hydrogen) atoms. The van der Waals surface area contributed by atoms with Gasteiger partial charge in [-0.05, 0) is 35.7 Å². The number of benzene rings is 1. The van der Waals surface area contributed by atoms with Crippen LogP contribution in [-0.4, -0.2) is 45.2 Å². The zero-order valence-corrected chi connectivity index (χ0v) is 20.1. The number of carbonyl (C=O) groups is 1. The molecule has 1 saturated heterocycles. The predicted octanol–water partition coefficient (Wildman–Crippen LogP) is 5.03. The van der Waals surface area contributed by atoms with Crippen LogP contribution >= 0.6 is 0 Å². The number of pyridine rings is 1. The minimum Gasteiger partial charge on any atom is -0.370 e. The Morgan fingerprint density at radius 3 is 2.68 bits per heavy atom. The molecule has 0 bridgehead atoms. The number of halogens is 4. The second-order valence-electron chi connectivity index (χ2n) is 9.11. The summed E-state index contributed by atoms with van der Waals surface area (Å²) in [5, 5.41) is 4.31. The molecule has 11 heteroatoms. The van der Waals surface area contributed by atoms with Crippen molar-refractivity contribution in [2.45, 2.75) is 32.4 Å². The second-order valence-corrected chi connectivity index (χ2v) is 9.11. The molecule has 4 aromatic rings. The van der Waals surface area contributed by atoms with Crippen LogP contribution in [0, 0.1) is 5.82 Å². The predicted molar refractivity (Wildman–Crippen MR) is 128 cm³/mol. The summed E-state index contributed by atoms with van der Waals surface area (Å²) in [5.41, 5.74) is 1.49. The number of ether oxygens (including phenoxy) is 1. The maximum absolute atomic E-state index is 14.8. The molecule has 0 spiro atoms. The van der Waals surface area contributed by atoms with Gasteiger partial charge in [-0.3, -0.25) is 4.79 Å². The van der Waals surface area contributed by atoms with Crippen molar-refractivity contribution in [3.63, 3.8) is 0 Å². The fourth-order valence-electron chi connectivity index (χ4n) is 4.39. The van der Waals surface area contributed by atoms with Crippen LogP contribution in [-0.2, 0) is 22.1 Å². The van der Waals surface area contributed by atoms with Crippen LogP contribution in [0.15, 0.2) is 48.9 Å². The highest BCUT2D eigenvalue weighted by Crippen LogP contribution is 2.38. The van der Waals surface area contributed by atoms with Crippen LogP contribution in [0.3, 0.4) is 0 Å². The van der Waals surface area contributed by atoms with Gasteiger partial charge in [0.15, 0.2) is 5.82 Å². The van der Waals surface area contributed by atoms with E-state index in [0.717, 1.165) is 28.2 Å². The van der Waals surface area contributed by atoms with E-state index in [4.69, 9.17) is 4.74 Å². The number of aromatic nitrogens is 4. The number of fused-ring (bicyclic) bond motifs is 1. The standard InChI is InChI=1S/C26H23F4N5O2/c1-15(2)18-12-32-35-6-5-17(11-22(18)35)25-20(27)13-31-23(33-25)10-16-3-4-21(19(9-16)26(28,29)30)34-7-8-37-14-24(34)36/h3-6,9,11-13,15H,7-8,10,14H2,1-2H3. The molecule has 0 N–H and O–H groups in total. The monoisotopic (exact) mass is 513 g/mol. The number of carbonyl (C=O) groups excluding carboxylic acids is 1. The van der Waals surface area contributed by atoms with E-state index < -0.39 is 23.5 Å². The molecule has 192 valence electrons. The molecule has 1 aliphatic rings. The lowest BCUT2D eigenvalue weighted by molar-refractivity contribution is -0.137. The van der Waals surface area contributed by atoms with Crippen molar-refractivity contribution in [1.29, 1.82) is 0 Å². The van der Waals surface area contributed by atoms with Crippen LogP contribution in [0.1, 0.15) is 42.3 Å². The zero-order chi connectivity index (χ0) is 26.3. The minimum atomic E-state index is -4.69. The molecule has 0 saturated carbocycles. The van der Waals surface area contributed by atoms with Gasteiger partial charge in [-0.1, -0.05) is 19.9 Å². The van der Waals surface area contributed by atoms with E-state index in [1.807, 2.05) is 13.8 Å². The number of rotatable bonds is 5. The highest BCUT2D eigenvalue weighted by molar-refractivity contribution is 5.95. The lowest BCUT2D eigenvalue weighted by atomic mass is 10.0. The first-order valence-electron chi connectivity index (χ1n) is 11.7. The molecule has 1 aromatic carbocycles. The van der Waals surface area contributed by atoms with Gasteiger partial charge in [-0.15, -0.1) is 0 Å². The molecule has 0 aliphatic carbocycles. The Morgan fingerprint density at radius 2 is 1.95 bits per heavy atom. The summed E-state index contributed by atoms with van der Waals surface area (Å²) in [4.78, 5) is 21.6. The first-order chi connectivity index (χ1) is 17.6. The molecule has 0 atom stereocenters. The van der Waals surface area contributed by atoms with Gasteiger partial charge >= 0.3 is 6.18 Å².